The van der Waals surface area contributed by atoms with Gasteiger partial charge in [0.25, 0.3) is 0 Å². The van der Waals surface area contributed by atoms with Crippen molar-refractivity contribution in [3.63, 3.8) is 0 Å². The Morgan fingerprint density at radius 3 is 2.33 bits per heavy atom. The Morgan fingerprint density at radius 1 is 0.848 bits per heavy atom. The van der Waals surface area contributed by atoms with Crippen molar-refractivity contribution in [1.82, 2.24) is 9.29 Å². The normalized spacial score (nSPS) is 13.5. The van der Waals surface area contributed by atoms with Crippen molar-refractivity contribution in [2.24, 2.45) is 0 Å². The molecule has 0 bridgehead atoms. The maximum Gasteiger partial charge on any atom is 0.335 e. The summed E-state index contributed by atoms with van der Waals surface area (Å²) in [5.41, 5.74) is 1.05. The van der Waals surface area contributed by atoms with E-state index in [0.29, 0.717) is 33.8 Å². The zero-order valence-corrected chi connectivity index (χ0v) is 17.8. The number of amides is 2. The van der Waals surface area contributed by atoms with Crippen LogP contribution in [0.2, 0.25) is 0 Å². The van der Waals surface area contributed by atoms with Gasteiger partial charge in [-0.25, -0.2) is 18.0 Å². The Balaban J connectivity index is 1.54. The van der Waals surface area contributed by atoms with Crippen molar-refractivity contribution in [2.75, 3.05) is 4.90 Å². The van der Waals surface area contributed by atoms with E-state index in [1.165, 1.54) is 27.2 Å². The van der Waals surface area contributed by atoms with E-state index in [9.17, 15) is 22.8 Å². The number of carbonyl (C=O) groups excluding carboxylic acids is 1. The fraction of sp³-hybridized carbons (Fsp3) is 0.0833. The monoisotopic (exact) mass is 467 g/mol. The van der Waals surface area contributed by atoms with Crippen LogP contribution in [0, 0.1) is 17.5 Å². The highest BCUT2D eigenvalue weighted by Crippen LogP contribution is 2.40. The van der Waals surface area contributed by atoms with Crippen LogP contribution in [-0.4, -0.2) is 15.3 Å². The number of benzene rings is 3. The lowest BCUT2D eigenvalue weighted by atomic mass is 10.1. The van der Waals surface area contributed by atoms with Crippen molar-refractivity contribution < 1.29 is 18.0 Å². The lowest BCUT2D eigenvalue weighted by Gasteiger charge is -2.36. The van der Waals surface area contributed by atoms with Crippen LogP contribution < -0.4 is 10.5 Å². The molecule has 3 aromatic carbocycles. The number of nitrogens with zero attached hydrogens (tertiary/aromatic N) is 2. The Labute approximate surface area is 190 Å². The molecule has 0 unspecified atom stereocenters. The van der Waals surface area contributed by atoms with Gasteiger partial charge < -0.3 is 4.98 Å². The lowest BCUT2D eigenvalue weighted by Crippen LogP contribution is -2.42. The van der Waals surface area contributed by atoms with E-state index < -0.39 is 35.6 Å². The number of hydrogen-bond acceptors (Lipinski definition) is 3. The number of urea groups is 1. The summed E-state index contributed by atoms with van der Waals surface area (Å²) in [6.07, 6.45) is 0. The molecule has 0 aliphatic carbocycles. The Morgan fingerprint density at radius 2 is 1.55 bits per heavy atom. The number of H-pyrrole nitrogens is 1. The molecule has 2 amide bonds. The highest BCUT2D eigenvalue weighted by molar-refractivity contribution is 7.97. The van der Waals surface area contributed by atoms with Crippen LogP contribution in [0.1, 0.15) is 11.1 Å². The van der Waals surface area contributed by atoms with Crippen molar-refractivity contribution in [1.29, 1.82) is 0 Å². The van der Waals surface area contributed by atoms with Gasteiger partial charge in [0.2, 0.25) is 5.56 Å². The van der Waals surface area contributed by atoms with Gasteiger partial charge in [0.15, 0.2) is 0 Å². The molecule has 9 heteroatoms. The summed E-state index contributed by atoms with van der Waals surface area (Å²) in [5.74, 6) is -3.16. The third kappa shape index (κ3) is 3.95. The molecule has 0 spiro atoms. The van der Waals surface area contributed by atoms with Gasteiger partial charge in [-0.15, -0.1) is 0 Å². The molecule has 5 rings (SSSR count). The molecule has 0 saturated heterocycles. The van der Waals surface area contributed by atoms with Crippen LogP contribution in [0.3, 0.4) is 0 Å². The van der Waals surface area contributed by atoms with Gasteiger partial charge in [0.05, 0.1) is 23.7 Å². The smallest absolute Gasteiger partial charge is 0.322 e. The third-order valence-electron chi connectivity index (χ3n) is 5.38. The molecule has 0 fully saturated rings. The van der Waals surface area contributed by atoms with E-state index in [2.05, 4.69) is 4.98 Å². The van der Waals surface area contributed by atoms with E-state index >= 15 is 0 Å². The average molecular weight is 467 g/mol. The van der Waals surface area contributed by atoms with Crippen LogP contribution in [0.25, 0.3) is 10.9 Å². The molecule has 5 nitrogen and oxygen atoms in total. The summed E-state index contributed by atoms with van der Waals surface area (Å²) in [4.78, 5) is 30.3. The minimum absolute atomic E-state index is 0.0904. The number of pyridine rings is 1. The van der Waals surface area contributed by atoms with Crippen molar-refractivity contribution in [3.8, 4) is 0 Å². The maximum atomic E-state index is 14.4. The predicted molar refractivity (Wildman–Crippen MR) is 120 cm³/mol. The molecule has 1 aliphatic heterocycles. The van der Waals surface area contributed by atoms with E-state index in [1.807, 2.05) is 12.1 Å². The zero-order valence-electron chi connectivity index (χ0n) is 17.0. The maximum absolute atomic E-state index is 14.4. The van der Waals surface area contributed by atoms with Gasteiger partial charge in [0.1, 0.15) is 17.5 Å². The first-order valence-electron chi connectivity index (χ1n) is 10.0. The van der Waals surface area contributed by atoms with Gasteiger partial charge in [-0.05, 0) is 35.7 Å². The number of fused-ring (bicyclic) bond motifs is 2. The van der Waals surface area contributed by atoms with E-state index in [0.717, 1.165) is 5.39 Å². The number of aromatic nitrogens is 1. The molecule has 1 N–H and O–H groups in total. The second-order valence-corrected chi connectivity index (χ2v) is 8.58. The molecule has 0 saturated carbocycles. The second-order valence-electron chi connectivity index (χ2n) is 7.52. The van der Waals surface area contributed by atoms with Gasteiger partial charge in [-0.1, -0.05) is 30.3 Å². The summed E-state index contributed by atoms with van der Waals surface area (Å²) < 4.78 is 43.5. The topological polar surface area (TPSA) is 56.4 Å². The number of anilines is 1. The number of nitrogens with one attached hydrogen (secondary N) is 1. The van der Waals surface area contributed by atoms with Gasteiger partial charge in [0, 0.05) is 34.7 Å². The van der Waals surface area contributed by atoms with Crippen LogP contribution in [0.15, 0.2) is 76.4 Å². The first-order valence-corrected chi connectivity index (χ1v) is 10.8. The number of hydrogen-bond donors (Lipinski definition) is 1. The minimum Gasteiger partial charge on any atom is -0.322 e. The number of para-hydroxylation sites is 2. The molecular weight excluding hydrogens is 451 g/mol. The number of carbonyl (C=O) groups is 1. The number of halogens is 3. The fourth-order valence-electron chi connectivity index (χ4n) is 3.85. The molecule has 0 atom stereocenters. The standard InChI is InChI=1S/C24H16F3N3O2S/c25-15-10-18(26)17(19(27)11-15)13-29-21-7-3-4-8-22(21)33-30(24(29)32)12-14-9-23(31)28-20-6-2-1-5-16(14)20/h1-11H,12-13H2,(H,28,31). The number of rotatable bonds is 4. The van der Waals surface area contributed by atoms with Crippen molar-refractivity contribution in [3.05, 3.63) is 106 Å². The Bertz CT molecular complexity index is 1430. The van der Waals surface area contributed by atoms with Crippen molar-refractivity contribution >= 4 is 34.6 Å². The van der Waals surface area contributed by atoms with Crippen LogP contribution in [0.5, 0.6) is 0 Å². The van der Waals surface area contributed by atoms with Crippen LogP contribution in [0.4, 0.5) is 23.7 Å². The SMILES string of the molecule is O=C1N(Cc2cc(=O)[nH]c3ccccc23)Sc2ccccc2N1Cc1c(F)cc(F)cc1F. The average Bonchev–Trinajstić information content (AvgIpc) is 2.78. The van der Waals surface area contributed by atoms with Crippen molar-refractivity contribution in [2.45, 2.75) is 18.0 Å². The molecule has 166 valence electrons. The highest BCUT2D eigenvalue weighted by Gasteiger charge is 2.33. The first kappa shape index (κ1) is 21.1. The highest BCUT2D eigenvalue weighted by atomic mass is 32.2. The summed E-state index contributed by atoms with van der Waals surface area (Å²) in [6, 6.07) is 16.3. The summed E-state index contributed by atoms with van der Waals surface area (Å²) in [6.45, 7) is -0.325. The Hall–Kier alpha value is -3.72. The molecule has 33 heavy (non-hydrogen) atoms. The minimum atomic E-state index is -1.07. The largest absolute Gasteiger partial charge is 0.335 e. The molecule has 1 aliphatic rings. The fourth-order valence-corrected chi connectivity index (χ4v) is 4.88. The van der Waals surface area contributed by atoms with Gasteiger partial charge >= 0.3 is 6.03 Å². The summed E-state index contributed by atoms with van der Waals surface area (Å²) in [7, 11) is 0. The first-order chi connectivity index (χ1) is 15.9. The summed E-state index contributed by atoms with van der Waals surface area (Å²) >= 11 is 1.18. The molecule has 2 heterocycles. The Kier molecular flexibility index (Phi) is 5.33. The lowest BCUT2D eigenvalue weighted by molar-refractivity contribution is 0.229. The van der Waals surface area contributed by atoms with E-state index in [-0.39, 0.29) is 12.1 Å². The molecule has 0 radical (unpaired) electrons. The second kappa shape index (κ2) is 8.32. The predicted octanol–water partition coefficient (Wildman–Crippen LogP) is 5.59. The van der Waals surface area contributed by atoms with Crippen LogP contribution in [-0.2, 0) is 13.1 Å². The van der Waals surface area contributed by atoms with E-state index in [1.54, 1.807) is 36.4 Å². The molecule has 4 aromatic rings. The van der Waals surface area contributed by atoms with Gasteiger partial charge in [-0.2, -0.15) is 0 Å². The third-order valence-corrected chi connectivity index (χ3v) is 6.43. The zero-order chi connectivity index (χ0) is 23.1. The van der Waals surface area contributed by atoms with E-state index in [4.69, 9.17) is 0 Å². The quantitative estimate of drug-likeness (QED) is 0.398. The number of aromatic amines is 1. The molecule has 1 aromatic heterocycles. The summed E-state index contributed by atoms with van der Waals surface area (Å²) in [5, 5.41) is 0.784. The molecular formula is C24H16F3N3O2S. The van der Waals surface area contributed by atoms with Gasteiger partial charge in [-0.3, -0.25) is 14.0 Å². The van der Waals surface area contributed by atoms with Crippen LogP contribution >= 0.6 is 11.9 Å².